The van der Waals surface area contributed by atoms with Crippen LogP contribution in [0.5, 0.6) is 0 Å². The van der Waals surface area contributed by atoms with Gasteiger partial charge >= 0.3 is 0 Å². The fraction of sp³-hybridized carbons (Fsp3) is 0.0952. The lowest BCUT2D eigenvalue weighted by Gasteiger charge is -2.26. The molecule has 2 aliphatic carbocycles. The van der Waals surface area contributed by atoms with Gasteiger partial charge in [0.1, 0.15) is 5.58 Å². The highest BCUT2D eigenvalue weighted by Crippen LogP contribution is 2.45. The van der Waals surface area contributed by atoms with Gasteiger partial charge in [-0.15, -0.1) is 0 Å². The van der Waals surface area contributed by atoms with Crippen molar-refractivity contribution >= 4 is 72.2 Å². The maximum Gasteiger partial charge on any atom is 0.159 e. The van der Waals surface area contributed by atoms with E-state index in [2.05, 4.69) is 144 Å². The molecule has 2 aliphatic rings. The van der Waals surface area contributed by atoms with E-state index in [1.54, 1.807) is 0 Å². The third kappa shape index (κ3) is 4.02. The summed E-state index contributed by atoms with van der Waals surface area (Å²) in [5.74, 6) is 0. The predicted molar refractivity (Wildman–Crippen MR) is 187 cm³/mol. The first-order valence-electron chi connectivity index (χ1n) is 15.6. The molecule has 0 saturated heterocycles. The maximum absolute atomic E-state index is 6.75. The number of anilines is 3. The molecule has 2 nitrogen and oxygen atoms in total. The summed E-state index contributed by atoms with van der Waals surface area (Å²) in [6.45, 7) is 0. The van der Waals surface area contributed by atoms with Crippen LogP contribution in [0.4, 0.5) is 17.1 Å². The molecular weight excluding hydrogens is 534 g/mol. The highest BCUT2D eigenvalue weighted by atomic mass is 16.3. The van der Waals surface area contributed by atoms with Crippen LogP contribution in [-0.2, 0) is 6.42 Å². The smallest absolute Gasteiger partial charge is 0.159 e. The van der Waals surface area contributed by atoms with E-state index >= 15 is 0 Å². The Hall–Kier alpha value is -5.34. The molecule has 0 radical (unpaired) electrons. The molecule has 210 valence electrons. The zero-order valence-corrected chi connectivity index (χ0v) is 24.5. The van der Waals surface area contributed by atoms with Crippen LogP contribution >= 0.6 is 0 Å². The molecule has 0 N–H and O–H groups in total. The van der Waals surface area contributed by atoms with E-state index in [1.807, 2.05) is 0 Å². The molecule has 0 spiro atoms. The second-order valence-corrected chi connectivity index (χ2v) is 11.9. The topological polar surface area (TPSA) is 16.4 Å². The number of allylic oxidation sites excluding steroid dienone is 5. The molecule has 0 saturated carbocycles. The van der Waals surface area contributed by atoms with E-state index in [0.29, 0.717) is 0 Å². The van der Waals surface area contributed by atoms with E-state index in [9.17, 15) is 0 Å². The first-order chi connectivity index (χ1) is 21.8. The van der Waals surface area contributed by atoms with Crippen molar-refractivity contribution in [2.45, 2.75) is 25.7 Å². The van der Waals surface area contributed by atoms with Crippen LogP contribution < -0.4 is 4.90 Å². The Morgan fingerprint density at radius 3 is 2.32 bits per heavy atom. The van der Waals surface area contributed by atoms with E-state index in [0.717, 1.165) is 53.9 Å². The normalized spacial score (nSPS) is 14.4. The Kier molecular flexibility index (Phi) is 5.80. The van der Waals surface area contributed by atoms with Crippen molar-refractivity contribution < 1.29 is 4.42 Å². The minimum Gasteiger partial charge on any atom is -0.454 e. The number of fused-ring (bicyclic) bond motifs is 8. The van der Waals surface area contributed by atoms with Gasteiger partial charge in [0.25, 0.3) is 0 Å². The number of hydrogen-bond donors (Lipinski definition) is 0. The number of nitrogens with zero attached hydrogens (tertiary/aromatic N) is 1. The van der Waals surface area contributed by atoms with Crippen molar-refractivity contribution in [2.24, 2.45) is 0 Å². The van der Waals surface area contributed by atoms with Crippen LogP contribution in [-0.4, -0.2) is 0 Å². The van der Waals surface area contributed by atoms with Gasteiger partial charge in [0, 0.05) is 22.1 Å². The van der Waals surface area contributed by atoms with E-state index in [4.69, 9.17) is 4.42 Å². The molecule has 0 bridgehead atoms. The summed E-state index contributed by atoms with van der Waals surface area (Å²) in [6.07, 6.45) is 15.7. The van der Waals surface area contributed by atoms with Gasteiger partial charge in [-0.1, -0.05) is 103 Å². The van der Waals surface area contributed by atoms with Crippen LogP contribution in [0.2, 0.25) is 0 Å². The average molecular weight is 566 g/mol. The molecule has 1 aromatic heterocycles. The van der Waals surface area contributed by atoms with Gasteiger partial charge in [-0.3, -0.25) is 0 Å². The minimum atomic E-state index is 0.922. The third-order valence-electron chi connectivity index (χ3n) is 9.33. The quantitative estimate of drug-likeness (QED) is 0.197. The number of rotatable bonds is 4. The zero-order chi connectivity index (χ0) is 29.0. The molecule has 6 aromatic carbocycles. The fourth-order valence-corrected chi connectivity index (χ4v) is 7.20. The SMILES string of the molecule is C1=CC(c2ccc(N(c3ccc4c(ccc5ccccc54)c3)c3cccc4c3oc3ccc5c(c34)CCC=C5)cc2)=CCC1. The lowest BCUT2D eigenvalue weighted by Crippen LogP contribution is -2.10. The Bertz CT molecular complexity index is 2330. The Morgan fingerprint density at radius 2 is 1.41 bits per heavy atom. The monoisotopic (exact) mass is 565 g/mol. The standard InChI is InChI=1S/C42H31NO/c1-2-9-28(10-3-1)29-19-22-33(23-20-29)43(34-24-25-36-32(27-34)18-17-30-11-4-6-13-35(30)36)39-16-8-15-38-41-37-14-7-5-12-31(37)21-26-40(41)44-42(38)39/h2,4-6,8-13,15-27H,1,3,7,14H2. The zero-order valence-electron chi connectivity index (χ0n) is 24.5. The maximum atomic E-state index is 6.75. The van der Waals surface area contributed by atoms with E-state index < -0.39 is 0 Å². The van der Waals surface area contributed by atoms with Gasteiger partial charge in [0.15, 0.2) is 5.58 Å². The Balaban J connectivity index is 1.27. The van der Waals surface area contributed by atoms with Gasteiger partial charge in [0.2, 0.25) is 0 Å². The van der Waals surface area contributed by atoms with Crippen molar-refractivity contribution in [3.8, 4) is 0 Å². The van der Waals surface area contributed by atoms with Gasteiger partial charge in [0.05, 0.1) is 5.69 Å². The molecule has 9 rings (SSSR count). The highest BCUT2D eigenvalue weighted by molar-refractivity contribution is 6.13. The van der Waals surface area contributed by atoms with Crippen LogP contribution in [0.1, 0.15) is 36.0 Å². The van der Waals surface area contributed by atoms with Crippen molar-refractivity contribution in [1.29, 1.82) is 0 Å². The minimum absolute atomic E-state index is 0.922. The van der Waals surface area contributed by atoms with Crippen LogP contribution in [0.15, 0.2) is 138 Å². The number of aryl methyl sites for hydroxylation is 1. The first kappa shape index (κ1) is 25.2. The van der Waals surface area contributed by atoms with Gasteiger partial charge in [-0.2, -0.15) is 0 Å². The molecule has 44 heavy (non-hydrogen) atoms. The second kappa shape index (κ2) is 10.1. The molecule has 7 aromatic rings. The summed E-state index contributed by atoms with van der Waals surface area (Å²) < 4.78 is 6.75. The molecule has 0 aliphatic heterocycles. The van der Waals surface area contributed by atoms with Gasteiger partial charge < -0.3 is 9.32 Å². The van der Waals surface area contributed by atoms with Crippen molar-refractivity contribution in [2.75, 3.05) is 4.90 Å². The Labute approximate surface area is 256 Å². The lowest BCUT2D eigenvalue weighted by molar-refractivity contribution is 0.668. The van der Waals surface area contributed by atoms with Gasteiger partial charge in [-0.25, -0.2) is 0 Å². The van der Waals surface area contributed by atoms with Crippen LogP contribution in [0.3, 0.4) is 0 Å². The molecule has 0 amide bonds. The lowest BCUT2D eigenvalue weighted by atomic mass is 9.93. The highest BCUT2D eigenvalue weighted by Gasteiger charge is 2.22. The second-order valence-electron chi connectivity index (χ2n) is 11.9. The van der Waals surface area contributed by atoms with Crippen LogP contribution in [0.25, 0.3) is 55.1 Å². The molecular formula is C42H31NO. The van der Waals surface area contributed by atoms with Crippen molar-refractivity contribution in [1.82, 2.24) is 0 Å². The molecule has 1 heterocycles. The number of hydrogen-bond acceptors (Lipinski definition) is 2. The largest absolute Gasteiger partial charge is 0.454 e. The summed E-state index contributed by atoms with van der Waals surface area (Å²) in [5.41, 5.74) is 10.4. The molecule has 0 atom stereocenters. The number of benzene rings is 6. The summed E-state index contributed by atoms with van der Waals surface area (Å²) in [7, 11) is 0. The third-order valence-corrected chi connectivity index (χ3v) is 9.33. The summed E-state index contributed by atoms with van der Waals surface area (Å²) in [6, 6.07) is 39.9. The number of furan rings is 1. The summed E-state index contributed by atoms with van der Waals surface area (Å²) in [5, 5.41) is 7.45. The van der Waals surface area contributed by atoms with Crippen LogP contribution in [0, 0.1) is 0 Å². The summed E-state index contributed by atoms with van der Waals surface area (Å²) in [4.78, 5) is 2.36. The molecule has 0 unspecified atom stereocenters. The molecule has 2 heteroatoms. The predicted octanol–water partition coefficient (Wildman–Crippen LogP) is 12.1. The fourth-order valence-electron chi connectivity index (χ4n) is 7.20. The van der Waals surface area contributed by atoms with Gasteiger partial charge in [-0.05, 0) is 106 Å². The Morgan fingerprint density at radius 1 is 0.591 bits per heavy atom. The average Bonchev–Trinajstić information content (AvgIpc) is 3.49. The summed E-state index contributed by atoms with van der Waals surface area (Å²) >= 11 is 0. The molecule has 0 fully saturated rings. The van der Waals surface area contributed by atoms with E-state index in [1.165, 1.54) is 54.6 Å². The van der Waals surface area contributed by atoms with Crippen molar-refractivity contribution in [3.63, 3.8) is 0 Å². The number of para-hydroxylation sites is 1. The first-order valence-corrected chi connectivity index (χ1v) is 15.6. The van der Waals surface area contributed by atoms with E-state index in [-0.39, 0.29) is 0 Å². The van der Waals surface area contributed by atoms with Crippen molar-refractivity contribution in [3.05, 3.63) is 150 Å².